The zero-order valence-electron chi connectivity index (χ0n) is 8.80. The molecule has 1 nitrogen and oxygen atoms in total. The van der Waals surface area contributed by atoms with Crippen LogP contribution in [0.5, 0.6) is 0 Å². The number of ether oxygens (including phenoxy) is 1. The van der Waals surface area contributed by atoms with Crippen LogP contribution in [0.1, 0.15) is 51.9 Å². The fourth-order valence-corrected chi connectivity index (χ4v) is 1.70. The molecule has 1 aliphatic carbocycles. The minimum Gasteiger partial charge on any atom is -0.378 e. The second-order valence-electron chi connectivity index (χ2n) is 3.84. The van der Waals surface area contributed by atoms with Crippen molar-refractivity contribution in [2.24, 2.45) is 0 Å². The maximum atomic E-state index is 5.78. The largest absolute Gasteiger partial charge is 0.378 e. The molecule has 0 spiro atoms. The molecule has 1 atom stereocenters. The van der Waals surface area contributed by atoms with Gasteiger partial charge in [0.2, 0.25) is 0 Å². The summed E-state index contributed by atoms with van der Waals surface area (Å²) in [6, 6.07) is 0. The molecule has 0 bridgehead atoms. The minimum atomic E-state index is 0.520. The van der Waals surface area contributed by atoms with E-state index >= 15 is 0 Å². The van der Waals surface area contributed by atoms with Gasteiger partial charge in [0.05, 0.1) is 6.10 Å². The summed E-state index contributed by atoms with van der Waals surface area (Å²) in [6.45, 7) is 3.21. The van der Waals surface area contributed by atoms with E-state index < -0.39 is 0 Å². The van der Waals surface area contributed by atoms with Crippen LogP contribution in [0.25, 0.3) is 0 Å². The van der Waals surface area contributed by atoms with Gasteiger partial charge in [-0.05, 0) is 25.7 Å². The maximum absolute atomic E-state index is 5.78. The Balaban J connectivity index is 1.90. The van der Waals surface area contributed by atoms with Gasteiger partial charge in [0.15, 0.2) is 0 Å². The van der Waals surface area contributed by atoms with Gasteiger partial charge in [0.1, 0.15) is 0 Å². The summed E-state index contributed by atoms with van der Waals surface area (Å²) in [5.41, 5.74) is 0. The van der Waals surface area contributed by atoms with E-state index in [1.54, 1.807) is 0 Å². The van der Waals surface area contributed by atoms with E-state index in [4.69, 9.17) is 4.74 Å². The highest BCUT2D eigenvalue weighted by Crippen LogP contribution is 2.14. The van der Waals surface area contributed by atoms with Gasteiger partial charge >= 0.3 is 0 Å². The normalized spacial score (nSPS) is 22.1. The Labute approximate surface area is 82.2 Å². The highest BCUT2D eigenvalue weighted by molar-refractivity contribution is 4.90. The smallest absolute Gasteiger partial charge is 0.0612 e. The Bertz CT molecular complexity index is 140. The van der Waals surface area contributed by atoms with Crippen molar-refractivity contribution in [1.29, 1.82) is 0 Å². The lowest BCUT2D eigenvalue weighted by Gasteiger charge is -2.18. The van der Waals surface area contributed by atoms with Crippen LogP contribution in [-0.2, 0) is 4.74 Å². The molecule has 1 heteroatoms. The SMILES string of the molecule is CCCCCCOC1CC=CCC1. The number of hydrogen-bond acceptors (Lipinski definition) is 1. The Morgan fingerprint density at radius 3 is 2.85 bits per heavy atom. The van der Waals surface area contributed by atoms with E-state index in [0.29, 0.717) is 6.10 Å². The molecule has 0 aliphatic heterocycles. The first kappa shape index (κ1) is 10.8. The quantitative estimate of drug-likeness (QED) is 0.449. The molecule has 0 heterocycles. The van der Waals surface area contributed by atoms with Crippen molar-refractivity contribution in [3.8, 4) is 0 Å². The summed E-state index contributed by atoms with van der Waals surface area (Å²) in [5, 5.41) is 0. The zero-order valence-corrected chi connectivity index (χ0v) is 8.80. The molecule has 76 valence electrons. The number of unbranched alkanes of at least 4 members (excludes halogenated alkanes) is 3. The first-order chi connectivity index (χ1) is 6.43. The standard InChI is InChI=1S/C12H22O/c1-2-3-4-8-11-13-12-9-6-5-7-10-12/h5-6,12H,2-4,7-11H2,1H3. The van der Waals surface area contributed by atoms with Crippen LogP contribution < -0.4 is 0 Å². The number of rotatable bonds is 6. The van der Waals surface area contributed by atoms with Crippen molar-refractivity contribution in [3.63, 3.8) is 0 Å². The Kier molecular flexibility index (Phi) is 5.92. The van der Waals surface area contributed by atoms with Gasteiger partial charge in [-0.1, -0.05) is 38.3 Å². The van der Waals surface area contributed by atoms with Crippen LogP contribution in [0.15, 0.2) is 12.2 Å². The van der Waals surface area contributed by atoms with Crippen molar-refractivity contribution < 1.29 is 4.74 Å². The van der Waals surface area contributed by atoms with Gasteiger partial charge in [0.25, 0.3) is 0 Å². The third kappa shape index (κ3) is 5.09. The predicted octanol–water partition coefficient (Wildman–Crippen LogP) is 3.69. The molecule has 1 aliphatic rings. The molecular formula is C12H22O. The van der Waals surface area contributed by atoms with Gasteiger partial charge in [-0.15, -0.1) is 0 Å². The number of hydrogen-bond donors (Lipinski definition) is 0. The molecule has 0 fully saturated rings. The Morgan fingerprint density at radius 2 is 2.15 bits per heavy atom. The fourth-order valence-electron chi connectivity index (χ4n) is 1.70. The lowest BCUT2D eigenvalue weighted by Crippen LogP contribution is -2.14. The van der Waals surface area contributed by atoms with Crippen molar-refractivity contribution >= 4 is 0 Å². The molecule has 1 unspecified atom stereocenters. The molecule has 0 N–H and O–H groups in total. The lowest BCUT2D eigenvalue weighted by molar-refractivity contribution is 0.0451. The van der Waals surface area contributed by atoms with Gasteiger partial charge in [0, 0.05) is 6.61 Å². The molecule has 0 aromatic carbocycles. The van der Waals surface area contributed by atoms with Crippen molar-refractivity contribution in [1.82, 2.24) is 0 Å². The molecule has 13 heavy (non-hydrogen) atoms. The van der Waals surface area contributed by atoms with Crippen LogP contribution in [-0.4, -0.2) is 12.7 Å². The van der Waals surface area contributed by atoms with Crippen LogP contribution >= 0.6 is 0 Å². The van der Waals surface area contributed by atoms with E-state index in [1.165, 1.54) is 38.5 Å². The average molecular weight is 182 g/mol. The third-order valence-corrected chi connectivity index (χ3v) is 2.57. The lowest BCUT2D eigenvalue weighted by atomic mass is 10.0. The summed E-state index contributed by atoms with van der Waals surface area (Å²) in [5.74, 6) is 0. The second-order valence-corrected chi connectivity index (χ2v) is 3.84. The van der Waals surface area contributed by atoms with E-state index in [0.717, 1.165) is 13.0 Å². The minimum absolute atomic E-state index is 0.520. The fraction of sp³-hybridized carbons (Fsp3) is 0.833. The molecule has 0 saturated carbocycles. The van der Waals surface area contributed by atoms with Crippen molar-refractivity contribution in [2.45, 2.75) is 58.0 Å². The van der Waals surface area contributed by atoms with Gasteiger partial charge < -0.3 is 4.74 Å². The average Bonchev–Trinajstić information content (AvgIpc) is 2.19. The summed E-state index contributed by atoms with van der Waals surface area (Å²) in [7, 11) is 0. The van der Waals surface area contributed by atoms with Crippen LogP contribution in [0, 0.1) is 0 Å². The van der Waals surface area contributed by atoms with Crippen LogP contribution in [0.3, 0.4) is 0 Å². The second kappa shape index (κ2) is 7.14. The maximum Gasteiger partial charge on any atom is 0.0612 e. The van der Waals surface area contributed by atoms with Crippen molar-refractivity contribution in [2.75, 3.05) is 6.61 Å². The summed E-state index contributed by atoms with van der Waals surface area (Å²) in [4.78, 5) is 0. The van der Waals surface area contributed by atoms with E-state index in [-0.39, 0.29) is 0 Å². The summed E-state index contributed by atoms with van der Waals surface area (Å²) >= 11 is 0. The van der Waals surface area contributed by atoms with Gasteiger partial charge in [-0.3, -0.25) is 0 Å². The van der Waals surface area contributed by atoms with Gasteiger partial charge in [-0.25, -0.2) is 0 Å². The molecule has 0 radical (unpaired) electrons. The molecular weight excluding hydrogens is 160 g/mol. The summed E-state index contributed by atoms with van der Waals surface area (Å²) < 4.78 is 5.78. The van der Waals surface area contributed by atoms with E-state index in [9.17, 15) is 0 Å². The topological polar surface area (TPSA) is 9.23 Å². The van der Waals surface area contributed by atoms with Crippen LogP contribution in [0.2, 0.25) is 0 Å². The van der Waals surface area contributed by atoms with E-state index in [1.807, 2.05) is 0 Å². The molecule has 0 aromatic rings. The van der Waals surface area contributed by atoms with E-state index in [2.05, 4.69) is 19.1 Å². The predicted molar refractivity (Wildman–Crippen MR) is 56.9 cm³/mol. The zero-order chi connectivity index (χ0) is 9.36. The summed E-state index contributed by atoms with van der Waals surface area (Å²) in [6.07, 6.45) is 13.8. The first-order valence-corrected chi connectivity index (χ1v) is 5.70. The van der Waals surface area contributed by atoms with Gasteiger partial charge in [-0.2, -0.15) is 0 Å². The molecule has 0 saturated heterocycles. The highest BCUT2D eigenvalue weighted by atomic mass is 16.5. The molecule has 1 rings (SSSR count). The highest BCUT2D eigenvalue weighted by Gasteiger charge is 2.08. The van der Waals surface area contributed by atoms with Crippen LogP contribution in [0.4, 0.5) is 0 Å². The molecule has 0 amide bonds. The van der Waals surface area contributed by atoms with Crippen molar-refractivity contribution in [3.05, 3.63) is 12.2 Å². The molecule has 0 aromatic heterocycles. The third-order valence-electron chi connectivity index (χ3n) is 2.57. The number of allylic oxidation sites excluding steroid dienone is 1. The monoisotopic (exact) mass is 182 g/mol. The first-order valence-electron chi connectivity index (χ1n) is 5.70. The Hall–Kier alpha value is -0.300. The Morgan fingerprint density at radius 1 is 1.23 bits per heavy atom.